The van der Waals surface area contributed by atoms with Gasteiger partial charge in [-0.15, -0.1) is 0 Å². The molecule has 0 radical (unpaired) electrons. The van der Waals surface area contributed by atoms with Gasteiger partial charge in [-0.1, -0.05) is 42.5 Å². The van der Waals surface area contributed by atoms with Crippen LogP contribution < -0.4 is 10.0 Å². The Morgan fingerprint density at radius 2 is 1.82 bits per heavy atom. The van der Waals surface area contributed by atoms with Crippen LogP contribution in [0.1, 0.15) is 17.0 Å². The lowest BCUT2D eigenvalue weighted by Crippen LogP contribution is -2.36. The van der Waals surface area contributed by atoms with Crippen LogP contribution in [0.2, 0.25) is 0 Å². The van der Waals surface area contributed by atoms with Gasteiger partial charge in [0.05, 0.1) is 18.3 Å². The number of hydrogen-bond acceptors (Lipinski definition) is 8. The molecule has 10 nitrogen and oxygen atoms in total. The standard InChI is InChI=1S/C28H25N5O5S/c1-37-26(34)17-33(39(35,36)24-6-2-4-19-5-3-15-31-27(19)24)21-12-13-22-23(16-21)38-25(32-22)14-9-18-7-10-20(11-8-18)28(29)30/h2-8,10-13,15-16H,9,14,17H2,1H3,(H3,29,30). The van der Waals surface area contributed by atoms with Crippen LogP contribution in [0.25, 0.3) is 22.0 Å². The van der Waals surface area contributed by atoms with Crippen molar-refractivity contribution < 1.29 is 22.4 Å². The molecule has 11 heteroatoms. The Labute approximate surface area is 224 Å². The first-order chi connectivity index (χ1) is 18.8. The molecule has 0 bridgehead atoms. The molecule has 0 spiro atoms. The fraction of sp³-hybridized carbons (Fsp3) is 0.143. The Balaban J connectivity index is 1.47. The minimum absolute atomic E-state index is 0.0104. The number of anilines is 1. The van der Waals surface area contributed by atoms with E-state index in [-0.39, 0.29) is 16.4 Å². The lowest BCUT2D eigenvalue weighted by molar-refractivity contribution is -0.138. The maximum atomic E-state index is 13.9. The summed E-state index contributed by atoms with van der Waals surface area (Å²) < 4.78 is 39.5. The third-order valence-corrected chi connectivity index (χ3v) is 8.07. The predicted octanol–water partition coefficient (Wildman–Crippen LogP) is 3.81. The Bertz CT molecular complexity index is 1790. The number of aryl methyl sites for hydroxylation is 2. The predicted molar refractivity (Wildman–Crippen MR) is 147 cm³/mol. The largest absolute Gasteiger partial charge is 0.468 e. The summed E-state index contributed by atoms with van der Waals surface area (Å²) in [7, 11) is -3.02. The number of nitrogens with two attached hydrogens (primary N) is 1. The number of esters is 1. The number of pyridine rings is 1. The van der Waals surface area contributed by atoms with Crippen molar-refractivity contribution in [3.05, 3.63) is 96.0 Å². The molecule has 39 heavy (non-hydrogen) atoms. The highest BCUT2D eigenvalue weighted by atomic mass is 32.2. The number of carbonyl (C=O) groups excluding carboxylic acids is 1. The van der Waals surface area contributed by atoms with Crippen LogP contribution in [0.4, 0.5) is 5.69 Å². The van der Waals surface area contributed by atoms with E-state index in [4.69, 9.17) is 20.3 Å². The van der Waals surface area contributed by atoms with Gasteiger partial charge in [0, 0.05) is 29.6 Å². The van der Waals surface area contributed by atoms with E-state index in [0.717, 1.165) is 9.87 Å². The van der Waals surface area contributed by atoms with Gasteiger partial charge in [-0.25, -0.2) is 13.4 Å². The fourth-order valence-electron chi connectivity index (χ4n) is 4.23. The maximum absolute atomic E-state index is 13.9. The number of aromatic nitrogens is 2. The van der Waals surface area contributed by atoms with Crippen molar-refractivity contribution in [3.8, 4) is 0 Å². The minimum Gasteiger partial charge on any atom is -0.468 e. The molecule has 0 aliphatic rings. The van der Waals surface area contributed by atoms with E-state index < -0.39 is 22.5 Å². The van der Waals surface area contributed by atoms with Gasteiger partial charge in [-0.05, 0) is 36.2 Å². The average molecular weight is 544 g/mol. The number of benzene rings is 3. The zero-order valence-electron chi connectivity index (χ0n) is 21.0. The van der Waals surface area contributed by atoms with Crippen molar-refractivity contribution in [3.63, 3.8) is 0 Å². The van der Waals surface area contributed by atoms with E-state index in [0.29, 0.717) is 46.3 Å². The summed E-state index contributed by atoms with van der Waals surface area (Å²) in [6.07, 6.45) is 2.68. The minimum atomic E-state index is -4.22. The highest BCUT2D eigenvalue weighted by Gasteiger charge is 2.30. The van der Waals surface area contributed by atoms with Crippen molar-refractivity contribution in [1.29, 1.82) is 5.41 Å². The van der Waals surface area contributed by atoms with E-state index in [9.17, 15) is 13.2 Å². The molecule has 0 saturated heterocycles. The fourth-order valence-corrected chi connectivity index (χ4v) is 5.79. The van der Waals surface area contributed by atoms with Crippen LogP contribution in [-0.4, -0.2) is 43.8 Å². The lowest BCUT2D eigenvalue weighted by Gasteiger charge is -2.23. The number of hydrogen-bond donors (Lipinski definition) is 2. The number of sulfonamides is 1. The zero-order valence-corrected chi connectivity index (χ0v) is 21.8. The van der Waals surface area contributed by atoms with Gasteiger partial charge in [0.25, 0.3) is 10.0 Å². The molecule has 0 aliphatic heterocycles. The van der Waals surface area contributed by atoms with Crippen molar-refractivity contribution >= 4 is 49.5 Å². The Kier molecular flexibility index (Phi) is 6.99. The quantitative estimate of drug-likeness (QED) is 0.162. The number of carbonyl (C=O) groups is 1. The number of ether oxygens (including phenoxy) is 1. The van der Waals surface area contributed by atoms with E-state index in [2.05, 4.69) is 9.97 Å². The molecular formula is C28H25N5O5S. The number of para-hydroxylation sites is 1. The van der Waals surface area contributed by atoms with Crippen molar-refractivity contribution in [2.75, 3.05) is 18.0 Å². The normalized spacial score (nSPS) is 11.5. The van der Waals surface area contributed by atoms with Gasteiger partial charge in [-0.2, -0.15) is 0 Å². The lowest BCUT2D eigenvalue weighted by atomic mass is 10.1. The van der Waals surface area contributed by atoms with E-state index in [1.54, 1.807) is 54.6 Å². The molecule has 198 valence electrons. The number of amidine groups is 1. The monoisotopic (exact) mass is 543 g/mol. The summed E-state index contributed by atoms with van der Waals surface area (Å²) in [5.41, 5.74) is 8.66. The number of nitrogen functional groups attached to an aromatic ring is 1. The topological polar surface area (TPSA) is 152 Å². The summed E-state index contributed by atoms with van der Waals surface area (Å²) in [6, 6.07) is 20.5. The molecule has 0 fully saturated rings. The Morgan fingerprint density at radius 3 is 2.56 bits per heavy atom. The van der Waals surface area contributed by atoms with Crippen LogP contribution in [0.5, 0.6) is 0 Å². The van der Waals surface area contributed by atoms with Crippen molar-refractivity contribution in [1.82, 2.24) is 9.97 Å². The second-order valence-electron chi connectivity index (χ2n) is 8.79. The third-order valence-electron chi connectivity index (χ3n) is 6.26. The first kappa shape index (κ1) is 25.9. The van der Waals surface area contributed by atoms with Crippen molar-refractivity contribution in [2.45, 2.75) is 17.7 Å². The molecule has 2 aromatic heterocycles. The summed E-state index contributed by atoms with van der Waals surface area (Å²) in [6.45, 7) is -0.537. The van der Waals surface area contributed by atoms with Gasteiger partial charge in [0.1, 0.15) is 22.8 Å². The van der Waals surface area contributed by atoms with Gasteiger partial charge in [-0.3, -0.25) is 19.5 Å². The molecule has 0 atom stereocenters. The number of oxazole rings is 1. The van der Waals surface area contributed by atoms with Crippen LogP contribution in [0.3, 0.4) is 0 Å². The molecule has 0 amide bonds. The number of fused-ring (bicyclic) bond motifs is 2. The summed E-state index contributed by atoms with van der Waals surface area (Å²) in [5, 5.41) is 8.16. The summed E-state index contributed by atoms with van der Waals surface area (Å²) >= 11 is 0. The molecule has 3 aromatic carbocycles. The molecule has 0 unspecified atom stereocenters. The molecule has 0 aliphatic carbocycles. The van der Waals surface area contributed by atoms with Crippen molar-refractivity contribution in [2.24, 2.45) is 5.73 Å². The van der Waals surface area contributed by atoms with Gasteiger partial charge < -0.3 is 14.9 Å². The number of nitrogens with one attached hydrogen (secondary N) is 1. The summed E-state index contributed by atoms with van der Waals surface area (Å²) in [4.78, 5) is 21.0. The molecule has 5 aromatic rings. The second kappa shape index (κ2) is 10.5. The highest BCUT2D eigenvalue weighted by molar-refractivity contribution is 7.93. The van der Waals surface area contributed by atoms with Crippen LogP contribution >= 0.6 is 0 Å². The molecule has 5 rings (SSSR count). The van der Waals surface area contributed by atoms with E-state index >= 15 is 0 Å². The first-order valence-electron chi connectivity index (χ1n) is 12.0. The van der Waals surface area contributed by atoms with Gasteiger partial charge >= 0.3 is 5.97 Å². The van der Waals surface area contributed by atoms with Crippen LogP contribution in [-0.2, 0) is 32.4 Å². The Hall–Kier alpha value is -4.77. The molecular weight excluding hydrogens is 518 g/mol. The van der Waals surface area contributed by atoms with Gasteiger partial charge in [0.2, 0.25) is 0 Å². The maximum Gasteiger partial charge on any atom is 0.326 e. The smallest absolute Gasteiger partial charge is 0.326 e. The average Bonchev–Trinajstić information content (AvgIpc) is 3.36. The third kappa shape index (κ3) is 5.30. The van der Waals surface area contributed by atoms with E-state index in [1.165, 1.54) is 19.4 Å². The van der Waals surface area contributed by atoms with Crippen LogP contribution in [0.15, 0.2) is 88.3 Å². The van der Waals surface area contributed by atoms with Crippen LogP contribution in [0, 0.1) is 5.41 Å². The highest BCUT2D eigenvalue weighted by Crippen LogP contribution is 2.30. The number of methoxy groups -OCH3 is 1. The summed E-state index contributed by atoms with van der Waals surface area (Å²) in [5.74, 6) is -0.226. The number of rotatable bonds is 9. The first-order valence-corrected chi connectivity index (χ1v) is 13.5. The Morgan fingerprint density at radius 1 is 1.05 bits per heavy atom. The second-order valence-corrected chi connectivity index (χ2v) is 10.6. The number of nitrogens with zero attached hydrogens (tertiary/aromatic N) is 3. The van der Waals surface area contributed by atoms with Gasteiger partial charge in [0.15, 0.2) is 11.5 Å². The molecule has 0 saturated carbocycles. The zero-order chi connectivity index (χ0) is 27.6. The molecule has 2 heterocycles. The van der Waals surface area contributed by atoms with E-state index in [1.807, 2.05) is 12.1 Å². The molecule has 3 N–H and O–H groups in total. The SMILES string of the molecule is COC(=O)CN(c1ccc2nc(CCc3ccc(C(=N)N)cc3)oc2c1)S(=O)(=O)c1cccc2cccnc12.